The molecule has 2 aromatic heterocycles. The van der Waals surface area contributed by atoms with Crippen molar-refractivity contribution in [3.8, 4) is 5.88 Å². The summed E-state index contributed by atoms with van der Waals surface area (Å²) in [5.74, 6) is 1.61. The van der Waals surface area contributed by atoms with Crippen LogP contribution in [0, 0.1) is 12.8 Å². The molecule has 0 aromatic carbocycles. The van der Waals surface area contributed by atoms with Crippen LogP contribution in [0.1, 0.15) is 24.7 Å². The summed E-state index contributed by atoms with van der Waals surface area (Å²) in [5, 5.41) is 0. The molecular formula is C19H26N6O2. The zero-order chi connectivity index (χ0) is 18.8. The first-order chi connectivity index (χ1) is 13.1. The molecule has 1 saturated heterocycles. The van der Waals surface area contributed by atoms with Gasteiger partial charge in [-0.3, -0.25) is 4.79 Å². The summed E-state index contributed by atoms with van der Waals surface area (Å²) < 4.78 is 7.64. The van der Waals surface area contributed by atoms with E-state index in [4.69, 9.17) is 4.74 Å². The molecule has 4 heterocycles. The van der Waals surface area contributed by atoms with Gasteiger partial charge in [-0.25, -0.2) is 9.97 Å². The van der Waals surface area contributed by atoms with Gasteiger partial charge in [0.25, 0.3) is 0 Å². The molecule has 0 bridgehead atoms. The van der Waals surface area contributed by atoms with Crippen LogP contribution >= 0.6 is 0 Å². The number of ether oxygens (including phenoxy) is 1. The Morgan fingerprint density at radius 2 is 2.07 bits per heavy atom. The summed E-state index contributed by atoms with van der Waals surface area (Å²) in [5.41, 5.74) is 2.12. The molecular weight excluding hydrogens is 344 g/mol. The first-order valence-corrected chi connectivity index (χ1v) is 9.65. The smallest absolute Gasteiger partial charge is 0.228 e. The highest BCUT2D eigenvalue weighted by atomic mass is 16.5. The summed E-state index contributed by atoms with van der Waals surface area (Å²) in [6.07, 6.45) is 5.56. The van der Waals surface area contributed by atoms with Crippen molar-refractivity contribution < 1.29 is 9.53 Å². The van der Waals surface area contributed by atoms with Crippen LogP contribution in [-0.2, 0) is 17.8 Å². The number of fused-ring (bicyclic) bond motifs is 1. The number of hydrogen-bond donors (Lipinski definition) is 0. The molecule has 2 aliphatic heterocycles. The van der Waals surface area contributed by atoms with Gasteiger partial charge in [-0.1, -0.05) is 0 Å². The van der Waals surface area contributed by atoms with Gasteiger partial charge in [0.2, 0.25) is 17.7 Å². The van der Waals surface area contributed by atoms with Crippen LogP contribution < -0.4 is 9.64 Å². The highest BCUT2D eigenvalue weighted by Gasteiger charge is 2.30. The highest BCUT2D eigenvalue weighted by Crippen LogP contribution is 2.23. The number of imidazole rings is 1. The van der Waals surface area contributed by atoms with Gasteiger partial charge >= 0.3 is 0 Å². The zero-order valence-electron chi connectivity index (χ0n) is 16.0. The Morgan fingerprint density at radius 3 is 2.85 bits per heavy atom. The van der Waals surface area contributed by atoms with Crippen LogP contribution in [0.25, 0.3) is 0 Å². The fourth-order valence-corrected chi connectivity index (χ4v) is 3.85. The van der Waals surface area contributed by atoms with Crippen molar-refractivity contribution >= 4 is 11.9 Å². The van der Waals surface area contributed by atoms with Crippen molar-refractivity contribution in [2.75, 3.05) is 37.7 Å². The number of anilines is 1. The summed E-state index contributed by atoms with van der Waals surface area (Å²) >= 11 is 0. The van der Waals surface area contributed by atoms with Crippen molar-refractivity contribution in [1.82, 2.24) is 24.4 Å². The Morgan fingerprint density at radius 1 is 1.26 bits per heavy atom. The lowest BCUT2D eigenvalue weighted by atomic mass is 9.96. The minimum Gasteiger partial charge on any atom is -0.478 e. The first kappa shape index (κ1) is 17.8. The highest BCUT2D eigenvalue weighted by molar-refractivity contribution is 5.79. The summed E-state index contributed by atoms with van der Waals surface area (Å²) in [4.78, 5) is 30.3. The van der Waals surface area contributed by atoms with E-state index >= 15 is 0 Å². The zero-order valence-corrected chi connectivity index (χ0v) is 16.0. The molecule has 1 unspecified atom stereocenters. The van der Waals surface area contributed by atoms with Crippen molar-refractivity contribution in [3.63, 3.8) is 0 Å². The Balaban J connectivity index is 1.37. The molecule has 0 saturated carbocycles. The lowest BCUT2D eigenvalue weighted by Gasteiger charge is -2.37. The number of aryl methyl sites for hydroxylation is 2. The molecule has 4 rings (SSSR count). The SMILES string of the molecule is CCOc1cc(C)nc(N2CCN(C(=O)C3CCc4cncn4C3)CC2)n1. The number of hydrogen-bond acceptors (Lipinski definition) is 6. The van der Waals surface area contributed by atoms with E-state index in [0.717, 1.165) is 38.2 Å². The molecule has 1 amide bonds. The maximum atomic E-state index is 12.9. The number of amides is 1. The Hall–Kier alpha value is -2.64. The number of rotatable bonds is 4. The number of nitrogens with zero attached hydrogens (tertiary/aromatic N) is 6. The molecule has 1 atom stereocenters. The molecule has 8 nitrogen and oxygen atoms in total. The van der Waals surface area contributed by atoms with Crippen LogP contribution in [0.3, 0.4) is 0 Å². The van der Waals surface area contributed by atoms with Crippen LogP contribution in [0.5, 0.6) is 5.88 Å². The average molecular weight is 370 g/mol. The third-order valence-electron chi connectivity index (χ3n) is 5.30. The molecule has 0 N–H and O–H groups in total. The van der Waals surface area contributed by atoms with Crippen molar-refractivity contribution in [2.24, 2.45) is 5.92 Å². The van der Waals surface area contributed by atoms with Gasteiger partial charge in [-0.2, -0.15) is 4.98 Å². The van der Waals surface area contributed by atoms with E-state index in [0.29, 0.717) is 31.5 Å². The molecule has 27 heavy (non-hydrogen) atoms. The second kappa shape index (κ2) is 7.54. The average Bonchev–Trinajstić information content (AvgIpc) is 3.15. The van der Waals surface area contributed by atoms with Crippen molar-refractivity contribution in [2.45, 2.75) is 33.2 Å². The number of carbonyl (C=O) groups is 1. The van der Waals surface area contributed by atoms with Crippen molar-refractivity contribution in [3.05, 3.63) is 30.0 Å². The fourth-order valence-electron chi connectivity index (χ4n) is 3.85. The van der Waals surface area contributed by atoms with Crippen LogP contribution in [0.2, 0.25) is 0 Å². The number of aromatic nitrogens is 4. The quantitative estimate of drug-likeness (QED) is 0.807. The van der Waals surface area contributed by atoms with Crippen LogP contribution in [0.15, 0.2) is 18.6 Å². The van der Waals surface area contributed by atoms with Gasteiger partial charge in [0.15, 0.2) is 0 Å². The molecule has 2 aromatic rings. The van der Waals surface area contributed by atoms with Gasteiger partial charge in [0, 0.05) is 56.4 Å². The second-order valence-electron chi connectivity index (χ2n) is 7.17. The molecule has 0 aliphatic carbocycles. The maximum absolute atomic E-state index is 12.9. The topological polar surface area (TPSA) is 76.4 Å². The largest absolute Gasteiger partial charge is 0.478 e. The molecule has 144 valence electrons. The first-order valence-electron chi connectivity index (χ1n) is 9.65. The van der Waals surface area contributed by atoms with E-state index in [2.05, 4.69) is 24.4 Å². The Kier molecular flexibility index (Phi) is 4.96. The number of carbonyl (C=O) groups excluding carboxylic acids is 1. The fraction of sp³-hybridized carbons (Fsp3) is 0.579. The van der Waals surface area contributed by atoms with E-state index in [1.54, 1.807) is 0 Å². The maximum Gasteiger partial charge on any atom is 0.228 e. The van der Waals surface area contributed by atoms with E-state index < -0.39 is 0 Å². The molecule has 0 spiro atoms. The molecule has 2 aliphatic rings. The lowest BCUT2D eigenvalue weighted by Crippen LogP contribution is -2.51. The molecule has 1 fully saturated rings. The standard InChI is InChI=1S/C19H26N6O2/c1-3-27-17-10-14(2)21-19(22-17)24-8-6-23(7-9-24)18(26)15-4-5-16-11-20-13-25(16)12-15/h10-11,13,15H,3-9,12H2,1-2H3. The number of piperazine rings is 1. The monoisotopic (exact) mass is 370 g/mol. The van der Waals surface area contributed by atoms with E-state index in [9.17, 15) is 4.79 Å². The lowest BCUT2D eigenvalue weighted by molar-refractivity contribution is -0.136. The summed E-state index contributed by atoms with van der Waals surface area (Å²) in [7, 11) is 0. The van der Waals surface area contributed by atoms with Gasteiger partial charge < -0.3 is 19.1 Å². The minimum atomic E-state index is 0.0537. The van der Waals surface area contributed by atoms with E-state index in [1.807, 2.05) is 37.3 Å². The Bertz CT molecular complexity index is 812. The van der Waals surface area contributed by atoms with Gasteiger partial charge in [0.05, 0.1) is 18.9 Å². The predicted octanol–water partition coefficient (Wildman–Crippen LogP) is 1.29. The van der Waals surface area contributed by atoms with Crippen molar-refractivity contribution in [1.29, 1.82) is 0 Å². The van der Waals surface area contributed by atoms with E-state index in [1.165, 1.54) is 5.69 Å². The second-order valence-corrected chi connectivity index (χ2v) is 7.17. The normalized spacial score (nSPS) is 19.7. The van der Waals surface area contributed by atoms with Crippen LogP contribution in [0.4, 0.5) is 5.95 Å². The van der Waals surface area contributed by atoms with Crippen LogP contribution in [-0.4, -0.2) is 63.1 Å². The third kappa shape index (κ3) is 3.74. The van der Waals surface area contributed by atoms with Gasteiger partial charge in [0.1, 0.15) is 0 Å². The molecule has 0 radical (unpaired) electrons. The van der Waals surface area contributed by atoms with Gasteiger partial charge in [-0.15, -0.1) is 0 Å². The summed E-state index contributed by atoms with van der Waals surface area (Å²) in [6, 6.07) is 1.85. The summed E-state index contributed by atoms with van der Waals surface area (Å²) in [6.45, 7) is 8.10. The molecule has 8 heteroatoms. The van der Waals surface area contributed by atoms with Gasteiger partial charge in [-0.05, 0) is 26.7 Å². The third-order valence-corrected chi connectivity index (χ3v) is 5.30. The van der Waals surface area contributed by atoms with E-state index in [-0.39, 0.29) is 11.8 Å². The minimum absolute atomic E-state index is 0.0537. The predicted molar refractivity (Wildman–Crippen MR) is 101 cm³/mol. The Labute approximate surface area is 159 Å².